The molecule has 1 heterocycles. The van der Waals surface area contributed by atoms with E-state index in [-0.39, 0.29) is 0 Å². The molecule has 84 valence electrons. The third-order valence-corrected chi connectivity index (χ3v) is 1.84. The van der Waals surface area contributed by atoms with Crippen molar-refractivity contribution in [3.8, 4) is 0 Å². The van der Waals surface area contributed by atoms with Gasteiger partial charge in [0.15, 0.2) is 5.82 Å². The summed E-state index contributed by atoms with van der Waals surface area (Å²) in [6.45, 7) is 3.32. The summed E-state index contributed by atoms with van der Waals surface area (Å²) in [5.41, 5.74) is -1.34. The van der Waals surface area contributed by atoms with Crippen molar-refractivity contribution in [1.29, 1.82) is 0 Å². The Morgan fingerprint density at radius 3 is 2.80 bits per heavy atom. The maximum absolute atomic E-state index is 11.3. The average Bonchev–Trinajstić information content (AvgIpc) is 2.49. The standard InChI is InChI=1S/C9H16N4O2/c1-9(2,15)8(14)10-5-4-7-11-6-13(3)12-7/h6,15H,4-5H2,1-3H3,(H,10,14). The van der Waals surface area contributed by atoms with E-state index >= 15 is 0 Å². The lowest BCUT2D eigenvalue weighted by molar-refractivity contribution is -0.136. The van der Waals surface area contributed by atoms with Gasteiger partial charge in [0.2, 0.25) is 0 Å². The molecular weight excluding hydrogens is 196 g/mol. The Morgan fingerprint density at radius 2 is 2.33 bits per heavy atom. The second-order valence-corrected chi connectivity index (χ2v) is 3.90. The first-order valence-corrected chi connectivity index (χ1v) is 4.75. The minimum absolute atomic E-state index is 0.390. The molecule has 0 atom stereocenters. The van der Waals surface area contributed by atoms with Crippen molar-refractivity contribution >= 4 is 5.91 Å². The van der Waals surface area contributed by atoms with Gasteiger partial charge in [0.05, 0.1) is 0 Å². The van der Waals surface area contributed by atoms with Gasteiger partial charge in [0.25, 0.3) is 5.91 Å². The number of rotatable bonds is 4. The normalized spacial score (nSPS) is 11.5. The van der Waals surface area contributed by atoms with Crippen LogP contribution in [0.5, 0.6) is 0 Å². The molecule has 2 N–H and O–H groups in total. The van der Waals surface area contributed by atoms with Gasteiger partial charge in [-0.2, -0.15) is 5.10 Å². The van der Waals surface area contributed by atoms with E-state index in [9.17, 15) is 9.90 Å². The van der Waals surface area contributed by atoms with Gasteiger partial charge < -0.3 is 10.4 Å². The van der Waals surface area contributed by atoms with Crippen molar-refractivity contribution in [1.82, 2.24) is 20.1 Å². The predicted octanol–water partition coefficient (Wildman–Crippen LogP) is -0.755. The van der Waals surface area contributed by atoms with E-state index in [0.29, 0.717) is 18.8 Å². The zero-order valence-corrected chi connectivity index (χ0v) is 9.19. The van der Waals surface area contributed by atoms with E-state index < -0.39 is 11.5 Å². The van der Waals surface area contributed by atoms with Gasteiger partial charge in [-0.25, -0.2) is 4.98 Å². The Hall–Kier alpha value is -1.43. The van der Waals surface area contributed by atoms with Crippen LogP contribution in [-0.2, 0) is 18.3 Å². The third-order valence-electron chi connectivity index (χ3n) is 1.84. The van der Waals surface area contributed by atoms with Crippen molar-refractivity contribution in [2.45, 2.75) is 25.9 Å². The van der Waals surface area contributed by atoms with E-state index in [4.69, 9.17) is 0 Å². The van der Waals surface area contributed by atoms with Crippen LogP contribution < -0.4 is 5.32 Å². The Kier molecular flexibility index (Phi) is 3.41. The molecule has 1 aromatic rings. The molecule has 6 nitrogen and oxygen atoms in total. The number of nitrogens with one attached hydrogen (secondary N) is 1. The van der Waals surface area contributed by atoms with E-state index in [1.54, 1.807) is 18.1 Å². The van der Waals surface area contributed by atoms with E-state index in [2.05, 4.69) is 15.4 Å². The minimum atomic E-state index is -1.34. The molecule has 1 aromatic heterocycles. The van der Waals surface area contributed by atoms with Gasteiger partial charge in [-0.1, -0.05) is 0 Å². The molecule has 0 saturated carbocycles. The number of aliphatic hydroxyl groups is 1. The van der Waals surface area contributed by atoms with Gasteiger partial charge in [0.1, 0.15) is 11.9 Å². The van der Waals surface area contributed by atoms with Crippen molar-refractivity contribution in [2.75, 3.05) is 6.54 Å². The van der Waals surface area contributed by atoms with Gasteiger partial charge in [-0.05, 0) is 13.8 Å². The lowest BCUT2D eigenvalue weighted by atomic mass is 10.1. The highest BCUT2D eigenvalue weighted by Gasteiger charge is 2.22. The van der Waals surface area contributed by atoms with Crippen LogP contribution in [0, 0.1) is 0 Å². The number of carbonyl (C=O) groups excluding carboxylic acids is 1. The molecular formula is C9H16N4O2. The SMILES string of the molecule is Cn1cnc(CCNC(=O)C(C)(C)O)n1. The van der Waals surface area contributed by atoms with E-state index in [1.807, 2.05) is 0 Å². The smallest absolute Gasteiger partial charge is 0.251 e. The van der Waals surface area contributed by atoms with Crippen LogP contribution in [0.25, 0.3) is 0 Å². The maximum Gasteiger partial charge on any atom is 0.251 e. The lowest BCUT2D eigenvalue weighted by Crippen LogP contribution is -2.42. The minimum Gasteiger partial charge on any atom is -0.381 e. The quantitative estimate of drug-likeness (QED) is 0.688. The van der Waals surface area contributed by atoms with Crippen molar-refractivity contribution in [3.05, 3.63) is 12.2 Å². The Labute approximate surface area is 88.3 Å². The largest absolute Gasteiger partial charge is 0.381 e. The molecule has 0 fully saturated rings. The molecule has 0 spiro atoms. The van der Waals surface area contributed by atoms with Gasteiger partial charge in [-0.3, -0.25) is 9.48 Å². The van der Waals surface area contributed by atoms with Crippen LogP contribution in [0.4, 0.5) is 0 Å². The fourth-order valence-corrected chi connectivity index (χ4v) is 1.00. The molecule has 1 amide bonds. The Morgan fingerprint density at radius 1 is 1.67 bits per heavy atom. The molecule has 0 aromatic carbocycles. The van der Waals surface area contributed by atoms with Crippen molar-refractivity contribution in [3.63, 3.8) is 0 Å². The number of aryl methyl sites for hydroxylation is 1. The zero-order chi connectivity index (χ0) is 11.5. The zero-order valence-electron chi connectivity index (χ0n) is 9.19. The first-order chi connectivity index (χ1) is 6.89. The van der Waals surface area contributed by atoms with Gasteiger partial charge in [0, 0.05) is 20.0 Å². The highest BCUT2D eigenvalue weighted by molar-refractivity contribution is 5.83. The highest BCUT2D eigenvalue weighted by Crippen LogP contribution is 1.99. The first-order valence-electron chi connectivity index (χ1n) is 4.75. The summed E-state index contributed by atoms with van der Waals surface area (Å²) in [5, 5.41) is 16.0. The second-order valence-electron chi connectivity index (χ2n) is 3.90. The van der Waals surface area contributed by atoms with Crippen LogP contribution in [0.1, 0.15) is 19.7 Å². The molecule has 0 aliphatic rings. The molecule has 0 saturated heterocycles. The lowest BCUT2D eigenvalue weighted by Gasteiger charge is -2.15. The van der Waals surface area contributed by atoms with Gasteiger partial charge >= 0.3 is 0 Å². The fraction of sp³-hybridized carbons (Fsp3) is 0.667. The molecule has 0 radical (unpaired) electrons. The first kappa shape index (κ1) is 11.6. The molecule has 1 rings (SSSR count). The molecule has 0 bridgehead atoms. The number of aromatic nitrogens is 3. The second kappa shape index (κ2) is 4.39. The van der Waals surface area contributed by atoms with Crippen LogP contribution in [-0.4, -0.2) is 37.9 Å². The number of nitrogens with zero attached hydrogens (tertiary/aromatic N) is 3. The molecule has 0 aliphatic carbocycles. The summed E-state index contributed by atoms with van der Waals surface area (Å²) in [5.74, 6) is 0.284. The maximum atomic E-state index is 11.3. The average molecular weight is 212 g/mol. The highest BCUT2D eigenvalue weighted by atomic mass is 16.3. The summed E-state index contributed by atoms with van der Waals surface area (Å²) in [6.07, 6.45) is 2.16. The van der Waals surface area contributed by atoms with E-state index in [1.165, 1.54) is 13.8 Å². The number of hydrogen-bond acceptors (Lipinski definition) is 4. The Balaban J connectivity index is 2.31. The van der Waals surface area contributed by atoms with Crippen LogP contribution >= 0.6 is 0 Å². The fourth-order valence-electron chi connectivity index (χ4n) is 1.00. The number of carbonyl (C=O) groups is 1. The van der Waals surface area contributed by atoms with Crippen molar-refractivity contribution in [2.24, 2.45) is 7.05 Å². The summed E-state index contributed by atoms with van der Waals surface area (Å²) in [7, 11) is 1.78. The molecule has 15 heavy (non-hydrogen) atoms. The van der Waals surface area contributed by atoms with Gasteiger partial charge in [-0.15, -0.1) is 0 Å². The third kappa shape index (κ3) is 3.67. The monoisotopic (exact) mass is 212 g/mol. The molecule has 0 aliphatic heterocycles. The summed E-state index contributed by atoms with van der Waals surface area (Å²) < 4.78 is 1.60. The van der Waals surface area contributed by atoms with Crippen molar-refractivity contribution < 1.29 is 9.90 Å². The summed E-state index contributed by atoms with van der Waals surface area (Å²) in [4.78, 5) is 15.3. The predicted molar refractivity (Wildman–Crippen MR) is 54.0 cm³/mol. The number of hydrogen-bond donors (Lipinski definition) is 2. The molecule has 0 unspecified atom stereocenters. The van der Waals surface area contributed by atoms with Crippen LogP contribution in [0.15, 0.2) is 6.33 Å². The Bertz CT molecular complexity index is 340. The molecule has 6 heteroatoms. The van der Waals surface area contributed by atoms with E-state index in [0.717, 1.165) is 0 Å². The van der Waals surface area contributed by atoms with Crippen LogP contribution in [0.3, 0.4) is 0 Å². The number of amides is 1. The van der Waals surface area contributed by atoms with Crippen LogP contribution in [0.2, 0.25) is 0 Å². The summed E-state index contributed by atoms with van der Waals surface area (Å²) >= 11 is 0. The summed E-state index contributed by atoms with van der Waals surface area (Å²) in [6, 6.07) is 0. The topological polar surface area (TPSA) is 80.0 Å².